The van der Waals surface area contributed by atoms with E-state index in [0.29, 0.717) is 24.2 Å². The van der Waals surface area contributed by atoms with E-state index in [9.17, 15) is 34.8 Å². The molecule has 3 aliphatic carbocycles. The number of nitrogens with zero attached hydrogens (tertiary/aromatic N) is 2. The van der Waals surface area contributed by atoms with Crippen molar-refractivity contribution in [2.45, 2.75) is 31.4 Å². The fourth-order valence-corrected chi connectivity index (χ4v) is 5.82. The summed E-state index contributed by atoms with van der Waals surface area (Å²) in [6.45, 7) is 4.61. The molecule has 4 rings (SSSR count). The van der Waals surface area contributed by atoms with Crippen LogP contribution in [0.1, 0.15) is 29.5 Å². The van der Waals surface area contributed by atoms with Crippen LogP contribution in [0.25, 0.3) is 5.76 Å². The Hall–Kier alpha value is -3.63. The summed E-state index contributed by atoms with van der Waals surface area (Å²) >= 11 is 0. The molecule has 3 atom stereocenters. The maximum Gasteiger partial charge on any atom is 0.255 e. The number of carbonyl (C=O) groups is 3. The summed E-state index contributed by atoms with van der Waals surface area (Å²) in [5.41, 5.74) is 3.71. The monoisotopic (exact) mass is 497 g/mol. The van der Waals surface area contributed by atoms with Crippen molar-refractivity contribution in [2.75, 3.05) is 32.6 Å². The Morgan fingerprint density at radius 2 is 1.89 bits per heavy atom. The van der Waals surface area contributed by atoms with Crippen molar-refractivity contribution in [3.8, 4) is 5.75 Å². The second-order valence-corrected chi connectivity index (χ2v) is 10.0. The van der Waals surface area contributed by atoms with E-state index < -0.39 is 52.0 Å². The Kier molecular flexibility index (Phi) is 6.22. The van der Waals surface area contributed by atoms with Crippen molar-refractivity contribution in [1.29, 1.82) is 0 Å². The van der Waals surface area contributed by atoms with E-state index in [-0.39, 0.29) is 36.1 Å². The molecule has 0 unspecified atom stereocenters. The van der Waals surface area contributed by atoms with Crippen molar-refractivity contribution >= 4 is 28.9 Å². The Labute approximate surface area is 208 Å². The zero-order valence-electron chi connectivity index (χ0n) is 20.5. The predicted molar refractivity (Wildman–Crippen MR) is 132 cm³/mol. The first-order valence-electron chi connectivity index (χ1n) is 11.7. The van der Waals surface area contributed by atoms with Gasteiger partial charge in [0.1, 0.15) is 22.8 Å². The molecule has 1 saturated carbocycles. The number of phenols is 1. The molecule has 1 amide bonds. The van der Waals surface area contributed by atoms with Crippen LogP contribution < -0.4 is 10.6 Å². The molecular weight excluding hydrogens is 466 g/mol. The second-order valence-electron chi connectivity index (χ2n) is 10.0. The van der Waals surface area contributed by atoms with Crippen LogP contribution in [0, 0.1) is 11.8 Å². The Balaban J connectivity index is 1.92. The molecule has 1 aromatic carbocycles. The van der Waals surface area contributed by atoms with Gasteiger partial charge in [0.2, 0.25) is 5.78 Å². The summed E-state index contributed by atoms with van der Waals surface area (Å²) in [5.74, 6) is -6.31. The number of phenolic OH excluding ortho intramolecular Hbond substituents is 1. The van der Waals surface area contributed by atoms with Crippen LogP contribution in [-0.4, -0.2) is 76.1 Å². The van der Waals surface area contributed by atoms with E-state index >= 15 is 0 Å². The molecule has 0 saturated heterocycles. The number of hydrogen-bond acceptors (Lipinski definition) is 9. The third kappa shape index (κ3) is 3.59. The van der Waals surface area contributed by atoms with Crippen molar-refractivity contribution in [2.24, 2.45) is 17.6 Å². The normalized spacial score (nSPS) is 25.5. The minimum absolute atomic E-state index is 0.0929. The van der Waals surface area contributed by atoms with Crippen LogP contribution in [0.5, 0.6) is 5.75 Å². The van der Waals surface area contributed by atoms with Gasteiger partial charge < -0.3 is 31.1 Å². The summed E-state index contributed by atoms with van der Waals surface area (Å²) < 4.78 is 0. The summed E-state index contributed by atoms with van der Waals surface area (Å²) in [6, 6.07) is 1.84. The number of nitrogens with two attached hydrogens (primary N) is 1. The van der Waals surface area contributed by atoms with E-state index in [1.807, 2.05) is 37.0 Å². The lowest BCUT2D eigenvalue weighted by Gasteiger charge is -2.46. The lowest BCUT2D eigenvalue weighted by atomic mass is 9.59. The summed E-state index contributed by atoms with van der Waals surface area (Å²) in [6.07, 6.45) is 1.74. The number of ketones is 2. The van der Waals surface area contributed by atoms with Crippen LogP contribution in [0.15, 0.2) is 35.6 Å². The Bertz CT molecular complexity index is 1260. The molecule has 1 fully saturated rings. The highest BCUT2D eigenvalue weighted by Crippen LogP contribution is 2.53. The lowest BCUT2D eigenvalue weighted by Crippen LogP contribution is -2.58. The Morgan fingerprint density at radius 1 is 1.22 bits per heavy atom. The zero-order chi connectivity index (χ0) is 26.7. The smallest absolute Gasteiger partial charge is 0.255 e. The molecule has 6 N–H and O–H groups in total. The second kappa shape index (κ2) is 8.79. The first kappa shape index (κ1) is 25.5. The third-order valence-electron chi connectivity index (χ3n) is 7.48. The molecule has 36 heavy (non-hydrogen) atoms. The largest absolute Gasteiger partial charge is 0.508 e. The molecule has 0 bridgehead atoms. The number of anilines is 1. The topological polar surface area (TPSA) is 165 Å². The number of primary amides is 1. The fraction of sp³-hybridized carbons (Fsp3) is 0.423. The number of carbonyl (C=O) groups excluding carboxylic acids is 3. The molecule has 0 heterocycles. The minimum Gasteiger partial charge on any atom is -0.508 e. The van der Waals surface area contributed by atoms with Gasteiger partial charge in [-0.3, -0.25) is 19.3 Å². The average molecular weight is 498 g/mol. The van der Waals surface area contributed by atoms with Gasteiger partial charge in [0.05, 0.1) is 5.56 Å². The van der Waals surface area contributed by atoms with Gasteiger partial charge >= 0.3 is 0 Å². The van der Waals surface area contributed by atoms with Gasteiger partial charge in [-0.15, -0.1) is 6.58 Å². The van der Waals surface area contributed by atoms with Gasteiger partial charge in [0, 0.05) is 56.3 Å². The fourth-order valence-electron chi connectivity index (χ4n) is 5.82. The van der Waals surface area contributed by atoms with E-state index in [1.54, 1.807) is 6.08 Å². The molecule has 0 aromatic heterocycles. The number of amides is 1. The summed E-state index contributed by atoms with van der Waals surface area (Å²) in [7, 11) is 5.51. The lowest BCUT2D eigenvalue weighted by molar-refractivity contribution is -0.147. The zero-order valence-corrected chi connectivity index (χ0v) is 20.5. The minimum atomic E-state index is -2.57. The van der Waals surface area contributed by atoms with Gasteiger partial charge in [0.25, 0.3) is 5.91 Å². The molecule has 0 radical (unpaired) electrons. The molecule has 0 spiro atoms. The SMILES string of the molecule is C=CCN(C)Cc1cc(N(C)C)c2c(c1O)C(O)=C1C(=O)[C@]3(O)C(O)=C(C(N)=O)C(=O)C[C@@H]3C[C@@H]1C2. The van der Waals surface area contributed by atoms with Crippen LogP contribution in [0.3, 0.4) is 0 Å². The summed E-state index contributed by atoms with van der Waals surface area (Å²) in [5, 5.41) is 44.6. The van der Waals surface area contributed by atoms with Crippen LogP contribution >= 0.6 is 0 Å². The number of aliphatic hydroxyl groups is 3. The molecular formula is C26H31N3O7. The van der Waals surface area contributed by atoms with Crippen molar-refractivity contribution in [3.63, 3.8) is 0 Å². The highest BCUT2D eigenvalue weighted by atomic mass is 16.3. The van der Waals surface area contributed by atoms with Crippen molar-refractivity contribution in [3.05, 3.63) is 52.3 Å². The van der Waals surface area contributed by atoms with E-state index in [1.165, 1.54) is 0 Å². The maximum atomic E-state index is 13.7. The number of aliphatic hydroxyl groups excluding tert-OH is 2. The van der Waals surface area contributed by atoms with Gasteiger partial charge in [0.15, 0.2) is 11.4 Å². The Morgan fingerprint density at radius 3 is 2.47 bits per heavy atom. The number of likely N-dealkylation sites (N-methyl/N-ethyl adjacent to an activating group) is 1. The van der Waals surface area contributed by atoms with Crippen LogP contribution in [0.2, 0.25) is 0 Å². The van der Waals surface area contributed by atoms with Gasteiger partial charge in [-0.2, -0.15) is 0 Å². The predicted octanol–water partition coefficient (Wildman–Crippen LogP) is 1.11. The van der Waals surface area contributed by atoms with E-state index in [0.717, 1.165) is 5.69 Å². The first-order valence-corrected chi connectivity index (χ1v) is 11.7. The van der Waals surface area contributed by atoms with Gasteiger partial charge in [-0.25, -0.2) is 0 Å². The molecule has 10 nitrogen and oxygen atoms in total. The quantitative estimate of drug-likeness (QED) is 0.286. The van der Waals surface area contributed by atoms with Gasteiger partial charge in [-0.1, -0.05) is 6.08 Å². The van der Waals surface area contributed by atoms with Gasteiger partial charge in [-0.05, 0) is 37.4 Å². The number of rotatable bonds is 6. The molecule has 0 aliphatic heterocycles. The average Bonchev–Trinajstić information content (AvgIpc) is 2.77. The van der Waals surface area contributed by atoms with Crippen molar-refractivity contribution < 1.29 is 34.8 Å². The number of benzene rings is 1. The molecule has 10 heteroatoms. The standard InChI is InChI=1S/C26H31N3O7/c1-5-6-29(4)11-13-9-16(28(2)3)15-8-12-7-14-10-17(30)20(25(27)35)24(34)26(14,36)23(33)18(12)22(32)19(15)21(13)31/h5,9,12,14,31-32,34,36H,1,6-8,10-11H2,2-4H3,(H2,27,35)/t12-,14+,26+/m1/s1. The first-order chi connectivity index (χ1) is 16.8. The molecule has 3 aliphatic rings. The van der Waals surface area contributed by atoms with Crippen LogP contribution in [-0.2, 0) is 27.3 Å². The van der Waals surface area contributed by atoms with Crippen molar-refractivity contribution in [1.82, 2.24) is 4.90 Å². The van der Waals surface area contributed by atoms with E-state index in [2.05, 4.69) is 6.58 Å². The highest BCUT2D eigenvalue weighted by molar-refractivity contribution is 6.22. The number of fused-ring (bicyclic) bond motifs is 3. The molecule has 1 aromatic rings. The number of hydrogen-bond donors (Lipinski definition) is 5. The van der Waals surface area contributed by atoms with E-state index in [4.69, 9.17) is 5.73 Å². The van der Waals surface area contributed by atoms with Crippen LogP contribution in [0.4, 0.5) is 5.69 Å². The molecule has 192 valence electrons. The maximum absolute atomic E-state index is 13.7. The number of aromatic hydroxyl groups is 1. The third-order valence-corrected chi connectivity index (χ3v) is 7.48. The highest BCUT2D eigenvalue weighted by Gasteiger charge is 2.60. The summed E-state index contributed by atoms with van der Waals surface area (Å²) in [4.78, 5) is 41.7. The number of Topliss-reactive ketones (excluding diaryl/α,β-unsaturated/α-hetero) is 2.